The minimum atomic E-state index is -3.30. The van der Waals surface area contributed by atoms with Crippen LogP contribution in [0.25, 0.3) is 0 Å². The van der Waals surface area contributed by atoms with Crippen LogP contribution in [0.4, 0.5) is 0 Å². The van der Waals surface area contributed by atoms with E-state index in [-0.39, 0.29) is 17.6 Å². The second-order valence-corrected chi connectivity index (χ2v) is 9.00. The Labute approximate surface area is 157 Å². The van der Waals surface area contributed by atoms with Gasteiger partial charge >= 0.3 is 0 Å². The normalized spacial score (nSPS) is 18.1. The third kappa shape index (κ3) is 6.07. The lowest BCUT2D eigenvalue weighted by Gasteiger charge is -2.28. The van der Waals surface area contributed by atoms with E-state index in [0.29, 0.717) is 39.1 Å². The van der Waals surface area contributed by atoms with Gasteiger partial charge in [0.25, 0.3) is 0 Å². The molecule has 26 heavy (non-hydrogen) atoms. The summed E-state index contributed by atoms with van der Waals surface area (Å²) in [5.41, 5.74) is 1.24. The van der Waals surface area contributed by atoms with Crippen LogP contribution in [0.3, 0.4) is 0 Å². The van der Waals surface area contributed by atoms with E-state index in [9.17, 15) is 13.2 Å². The highest BCUT2D eigenvalue weighted by molar-refractivity contribution is 7.89. The number of hydrogen-bond acceptors (Lipinski definition) is 4. The van der Waals surface area contributed by atoms with E-state index in [0.717, 1.165) is 6.42 Å². The summed E-state index contributed by atoms with van der Waals surface area (Å²) in [6.45, 7) is 5.90. The number of benzene rings is 1. The summed E-state index contributed by atoms with van der Waals surface area (Å²) in [6, 6.07) is 9.53. The van der Waals surface area contributed by atoms with Crippen molar-refractivity contribution in [3.8, 4) is 0 Å². The van der Waals surface area contributed by atoms with E-state index >= 15 is 0 Å². The van der Waals surface area contributed by atoms with Gasteiger partial charge in [0, 0.05) is 19.7 Å². The standard InChI is InChI=1S/C19H30N2O4S/c1-16(2)18(21-12-7-15-26(21,23)24)19(22)20-11-6-13-25-14-10-17-8-4-3-5-9-17/h3-5,8-9,16,18H,6-7,10-15H2,1-2H3,(H,20,22)/t18-/m1/s1. The van der Waals surface area contributed by atoms with E-state index in [1.807, 2.05) is 32.0 Å². The van der Waals surface area contributed by atoms with Gasteiger partial charge in [-0.1, -0.05) is 44.2 Å². The maximum Gasteiger partial charge on any atom is 0.238 e. The van der Waals surface area contributed by atoms with Crippen molar-refractivity contribution in [2.45, 2.75) is 39.2 Å². The number of carbonyl (C=O) groups is 1. The summed E-state index contributed by atoms with van der Waals surface area (Å²) in [5.74, 6) is -0.140. The number of hydrogen-bond donors (Lipinski definition) is 1. The molecule has 146 valence electrons. The molecule has 1 fully saturated rings. The molecular weight excluding hydrogens is 352 g/mol. The third-order valence-corrected chi connectivity index (χ3v) is 6.42. The first-order valence-electron chi connectivity index (χ1n) is 9.30. The Balaban J connectivity index is 1.67. The zero-order valence-corrected chi connectivity index (χ0v) is 16.5. The van der Waals surface area contributed by atoms with E-state index in [2.05, 4.69) is 17.4 Å². The molecular formula is C19H30N2O4S. The van der Waals surface area contributed by atoms with Crippen molar-refractivity contribution >= 4 is 15.9 Å². The number of ether oxygens (including phenoxy) is 1. The fourth-order valence-corrected chi connectivity index (χ4v) is 4.99. The van der Waals surface area contributed by atoms with E-state index in [1.54, 1.807) is 0 Å². The monoisotopic (exact) mass is 382 g/mol. The lowest BCUT2D eigenvalue weighted by Crippen LogP contribution is -2.50. The van der Waals surface area contributed by atoms with Crippen molar-refractivity contribution in [1.29, 1.82) is 0 Å². The molecule has 1 aliphatic heterocycles. The lowest BCUT2D eigenvalue weighted by atomic mass is 10.0. The Kier molecular flexibility index (Phi) is 8.06. The molecule has 6 nitrogen and oxygen atoms in total. The molecule has 0 aromatic heterocycles. The summed E-state index contributed by atoms with van der Waals surface area (Å²) in [4.78, 5) is 12.5. The summed E-state index contributed by atoms with van der Waals surface area (Å²) < 4.78 is 31.2. The summed E-state index contributed by atoms with van der Waals surface area (Å²) in [7, 11) is -3.30. The molecule has 0 bridgehead atoms. The van der Waals surface area contributed by atoms with Crippen molar-refractivity contribution in [2.24, 2.45) is 5.92 Å². The van der Waals surface area contributed by atoms with Crippen LogP contribution in [0.15, 0.2) is 30.3 Å². The fraction of sp³-hybridized carbons (Fsp3) is 0.632. The number of nitrogens with one attached hydrogen (secondary N) is 1. The minimum absolute atomic E-state index is 0.0648. The molecule has 7 heteroatoms. The van der Waals surface area contributed by atoms with Gasteiger partial charge in [-0.2, -0.15) is 4.31 Å². The van der Waals surface area contributed by atoms with Crippen LogP contribution < -0.4 is 5.32 Å². The van der Waals surface area contributed by atoms with Crippen LogP contribution in [-0.4, -0.2) is 56.7 Å². The van der Waals surface area contributed by atoms with Gasteiger partial charge < -0.3 is 10.1 Å². The van der Waals surface area contributed by atoms with Gasteiger partial charge in [-0.3, -0.25) is 4.79 Å². The zero-order valence-electron chi connectivity index (χ0n) is 15.7. The molecule has 0 radical (unpaired) electrons. The average molecular weight is 383 g/mol. The van der Waals surface area contributed by atoms with Crippen LogP contribution in [0, 0.1) is 5.92 Å². The summed E-state index contributed by atoms with van der Waals surface area (Å²) in [6.07, 6.45) is 2.17. The Hall–Kier alpha value is -1.44. The van der Waals surface area contributed by atoms with Crippen LogP contribution in [0.5, 0.6) is 0 Å². The minimum Gasteiger partial charge on any atom is -0.381 e. The molecule has 1 aromatic rings. The predicted octanol–water partition coefficient (Wildman–Crippen LogP) is 1.81. The number of rotatable bonds is 10. The summed E-state index contributed by atoms with van der Waals surface area (Å²) >= 11 is 0. The predicted molar refractivity (Wildman–Crippen MR) is 102 cm³/mol. The Morgan fingerprint density at radius 1 is 1.23 bits per heavy atom. The number of sulfonamides is 1. The maximum absolute atomic E-state index is 12.5. The molecule has 1 amide bonds. The lowest BCUT2D eigenvalue weighted by molar-refractivity contribution is -0.126. The fourth-order valence-electron chi connectivity index (χ4n) is 3.16. The van der Waals surface area contributed by atoms with Crippen molar-refractivity contribution < 1.29 is 17.9 Å². The SMILES string of the molecule is CC(C)[C@H](C(=O)NCCCOCCc1ccccc1)N1CCCS1(=O)=O. The molecule has 1 aliphatic rings. The van der Waals surface area contributed by atoms with Gasteiger partial charge in [0.2, 0.25) is 15.9 Å². The molecule has 1 saturated heterocycles. The quantitative estimate of drug-likeness (QED) is 0.626. The topological polar surface area (TPSA) is 75.7 Å². The van der Waals surface area contributed by atoms with E-state index in [1.165, 1.54) is 9.87 Å². The van der Waals surface area contributed by atoms with E-state index in [4.69, 9.17) is 4.74 Å². The molecule has 1 aromatic carbocycles. The summed E-state index contributed by atoms with van der Waals surface area (Å²) in [5, 5.41) is 2.86. The second kappa shape index (κ2) is 10.0. The molecule has 1 atom stereocenters. The second-order valence-electron chi connectivity index (χ2n) is 6.96. The van der Waals surface area contributed by atoms with Gasteiger partial charge in [0.1, 0.15) is 6.04 Å². The molecule has 0 aliphatic carbocycles. The van der Waals surface area contributed by atoms with Crippen molar-refractivity contribution in [3.63, 3.8) is 0 Å². The first-order valence-corrected chi connectivity index (χ1v) is 10.9. The van der Waals surface area contributed by atoms with Crippen LogP contribution in [-0.2, 0) is 26.0 Å². The molecule has 2 rings (SSSR count). The molecule has 1 heterocycles. The highest BCUT2D eigenvalue weighted by Crippen LogP contribution is 2.22. The molecule has 1 N–H and O–H groups in total. The Morgan fingerprint density at radius 2 is 1.96 bits per heavy atom. The molecule has 0 spiro atoms. The van der Waals surface area contributed by atoms with Gasteiger partial charge in [-0.25, -0.2) is 8.42 Å². The Bertz CT molecular complexity index is 661. The van der Waals surface area contributed by atoms with Crippen molar-refractivity contribution in [1.82, 2.24) is 9.62 Å². The van der Waals surface area contributed by atoms with Gasteiger partial charge in [0.15, 0.2) is 0 Å². The van der Waals surface area contributed by atoms with Crippen molar-refractivity contribution in [2.75, 3.05) is 32.1 Å². The first kappa shape index (κ1) is 20.9. The smallest absolute Gasteiger partial charge is 0.238 e. The highest BCUT2D eigenvalue weighted by atomic mass is 32.2. The largest absolute Gasteiger partial charge is 0.381 e. The first-order chi connectivity index (χ1) is 12.4. The van der Waals surface area contributed by atoms with Crippen LogP contribution in [0.1, 0.15) is 32.3 Å². The molecule has 0 saturated carbocycles. The molecule has 0 unspecified atom stereocenters. The van der Waals surface area contributed by atoms with Crippen LogP contribution >= 0.6 is 0 Å². The Morgan fingerprint density at radius 3 is 2.58 bits per heavy atom. The highest BCUT2D eigenvalue weighted by Gasteiger charge is 2.39. The average Bonchev–Trinajstić information content (AvgIpc) is 2.94. The number of amides is 1. The third-order valence-electron chi connectivity index (χ3n) is 4.49. The van der Waals surface area contributed by atoms with Gasteiger partial charge in [-0.15, -0.1) is 0 Å². The van der Waals surface area contributed by atoms with Gasteiger partial charge in [-0.05, 0) is 30.7 Å². The number of carbonyl (C=O) groups excluding carboxylic acids is 1. The van der Waals surface area contributed by atoms with Crippen LogP contribution in [0.2, 0.25) is 0 Å². The van der Waals surface area contributed by atoms with E-state index < -0.39 is 16.1 Å². The maximum atomic E-state index is 12.5. The zero-order chi connectivity index (χ0) is 19.0. The van der Waals surface area contributed by atoms with Crippen molar-refractivity contribution in [3.05, 3.63) is 35.9 Å². The van der Waals surface area contributed by atoms with Gasteiger partial charge in [0.05, 0.1) is 12.4 Å². The number of nitrogens with zero attached hydrogens (tertiary/aromatic N) is 1.